The standard InChI is InChI=1S/C23H22ClFN2O5S/c1-14(19-10-8-17(31-2)12-22(19)32-3)26-23(28)15-4-6-16(7-5-15)27-33(29,30)18-9-11-21(25)20(24)13-18/h4-14,27H,1-3H3,(H,26,28). The second-order valence-electron chi connectivity index (χ2n) is 7.06. The second kappa shape index (κ2) is 10.1. The Kier molecular flexibility index (Phi) is 7.45. The summed E-state index contributed by atoms with van der Waals surface area (Å²) in [6.45, 7) is 1.82. The Morgan fingerprint density at radius 1 is 1.00 bits per heavy atom. The summed E-state index contributed by atoms with van der Waals surface area (Å²) >= 11 is 5.67. The van der Waals surface area contributed by atoms with Gasteiger partial charge in [-0.15, -0.1) is 0 Å². The molecular formula is C23H22ClFN2O5S. The molecule has 2 N–H and O–H groups in total. The molecule has 0 heterocycles. The Labute approximate surface area is 196 Å². The van der Waals surface area contributed by atoms with E-state index < -0.39 is 15.8 Å². The van der Waals surface area contributed by atoms with E-state index in [0.29, 0.717) is 17.1 Å². The van der Waals surface area contributed by atoms with Gasteiger partial charge in [-0.25, -0.2) is 12.8 Å². The van der Waals surface area contributed by atoms with Gasteiger partial charge in [0.05, 0.1) is 30.2 Å². The molecule has 174 valence electrons. The number of carbonyl (C=O) groups is 1. The zero-order chi connectivity index (χ0) is 24.2. The predicted octanol–water partition coefficient (Wildman–Crippen LogP) is 4.79. The van der Waals surface area contributed by atoms with Gasteiger partial charge in [0.25, 0.3) is 15.9 Å². The second-order valence-corrected chi connectivity index (χ2v) is 9.15. The number of halogens is 2. The molecule has 0 saturated carbocycles. The van der Waals surface area contributed by atoms with Crippen LogP contribution in [-0.4, -0.2) is 28.5 Å². The number of carbonyl (C=O) groups excluding carboxylic acids is 1. The first-order valence-corrected chi connectivity index (χ1v) is 11.6. The van der Waals surface area contributed by atoms with Gasteiger partial charge in [0.2, 0.25) is 0 Å². The van der Waals surface area contributed by atoms with Crippen LogP contribution in [0.4, 0.5) is 10.1 Å². The number of rotatable bonds is 8. The molecule has 0 radical (unpaired) electrons. The number of sulfonamides is 1. The van der Waals surface area contributed by atoms with Crippen LogP contribution < -0.4 is 19.5 Å². The maximum Gasteiger partial charge on any atom is 0.261 e. The topological polar surface area (TPSA) is 93.7 Å². The molecule has 0 spiro atoms. The van der Waals surface area contributed by atoms with E-state index in [1.165, 1.54) is 31.4 Å². The minimum absolute atomic E-state index is 0.182. The highest BCUT2D eigenvalue weighted by molar-refractivity contribution is 7.92. The van der Waals surface area contributed by atoms with Crippen molar-refractivity contribution in [1.82, 2.24) is 5.32 Å². The molecule has 3 aromatic rings. The third kappa shape index (κ3) is 5.74. The van der Waals surface area contributed by atoms with Crippen molar-refractivity contribution in [2.24, 2.45) is 0 Å². The normalized spacial score (nSPS) is 12.0. The molecule has 33 heavy (non-hydrogen) atoms. The van der Waals surface area contributed by atoms with Crippen LogP contribution in [0.3, 0.4) is 0 Å². The fourth-order valence-electron chi connectivity index (χ4n) is 3.08. The van der Waals surface area contributed by atoms with Crippen LogP contribution in [-0.2, 0) is 10.0 Å². The van der Waals surface area contributed by atoms with E-state index in [0.717, 1.165) is 23.8 Å². The van der Waals surface area contributed by atoms with E-state index in [2.05, 4.69) is 10.0 Å². The molecule has 1 unspecified atom stereocenters. The molecule has 7 nitrogen and oxygen atoms in total. The van der Waals surface area contributed by atoms with E-state index in [4.69, 9.17) is 21.1 Å². The fourth-order valence-corrected chi connectivity index (χ4v) is 4.41. The van der Waals surface area contributed by atoms with Crippen molar-refractivity contribution in [2.45, 2.75) is 17.9 Å². The van der Waals surface area contributed by atoms with Gasteiger partial charge in [-0.05, 0) is 61.5 Å². The van der Waals surface area contributed by atoms with Crippen molar-refractivity contribution < 1.29 is 27.1 Å². The monoisotopic (exact) mass is 492 g/mol. The Morgan fingerprint density at radius 2 is 1.70 bits per heavy atom. The Balaban J connectivity index is 1.70. The van der Waals surface area contributed by atoms with Crippen molar-refractivity contribution in [1.29, 1.82) is 0 Å². The Morgan fingerprint density at radius 3 is 2.30 bits per heavy atom. The van der Waals surface area contributed by atoms with Crippen molar-refractivity contribution in [2.75, 3.05) is 18.9 Å². The summed E-state index contributed by atoms with van der Waals surface area (Å²) in [5.41, 5.74) is 1.34. The molecule has 0 aliphatic carbocycles. The number of benzene rings is 3. The summed E-state index contributed by atoms with van der Waals surface area (Å²) < 4.78 is 51.3. The largest absolute Gasteiger partial charge is 0.497 e. The number of ether oxygens (including phenoxy) is 2. The van der Waals surface area contributed by atoms with Crippen LogP contribution in [0.1, 0.15) is 28.9 Å². The minimum atomic E-state index is -3.98. The lowest BCUT2D eigenvalue weighted by Gasteiger charge is -2.18. The molecule has 0 aliphatic rings. The number of hydrogen-bond acceptors (Lipinski definition) is 5. The molecule has 3 rings (SSSR count). The summed E-state index contributed by atoms with van der Waals surface area (Å²) in [6.07, 6.45) is 0. The van der Waals surface area contributed by atoms with Gasteiger partial charge in [-0.3, -0.25) is 9.52 Å². The van der Waals surface area contributed by atoms with Gasteiger partial charge in [0.1, 0.15) is 17.3 Å². The number of hydrogen-bond donors (Lipinski definition) is 2. The molecule has 0 aliphatic heterocycles. The summed E-state index contributed by atoms with van der Waals surface area (Å²) in [4.78, 5) is 12.5. The van der Waals surface area contributed by atoms with Crippen molar-refractivity contribution in [3.8, 4) is 11.5 Å². The molecule has 1 atom stereocenters. The highest BCUT2D eigenvalue weighted by atomic mass is 35.5. The fraction of sp³-hybridized carbons (Fsp3) is 0.174. The molecule has 0 bridgehead atoms. The lowest BCUT2D eigenvalue weighted by atomic mass is 10.1. The molecule has 0 saturated heterocycles. The van der Waals surface area contributed by atoms with Crippen LogP contribution in [0.2, 0.25) is 5.02 Å². The molecule has 0 fully saturated rings. The van der Waals surface area contributed by atoms with Crippen molar-refractivity contribution in [3.05, 3.63) is 82.6 Å². The van der Waals surface area contributed by atoms with Gasteiger partial charge in [-0.2, -0.15) is 0 Å². The van der Waals surface area contributed by atoms with E-state index in [1.54, 1.807) is 19.2 Å². The van der Waals surface area contributed by atoms with Crippen LogP contribution in [0.15, 0.2) is 65.6 Å². The van der Waals surface area contributed by atoms with Gasteiger partial charge < -0.3 is 14.8 Å². The highest BCUT2D eigenvalue weighted by Gasteiger charge is 2.18. The maximum absolute atomic E-state index is 13.3. The molecule has 0 aromatic heterocycles. The first-order chi connectivity index (χ1) is 15.6. The minimum Gasteiger partial charge on any atom is -0.497 e. The molecular weight excluding hydrogens is 471 g/mol. The Bertz CT molecular complexity index is 1270. The van der Waals surface area contributed by atoms with E-state index in [9.17, 15) is 17.6 Å². The van der Waals surface area contributed by atoms with Crippen molar-refractivity contribution >= 4 is 33.2 Å². The third-order valence-corrected chi connectivity index (χ3v) is 6.52. The number of anilines is 1. The number of amides is 1. The lowest BCUT2D eigenvalue weighted by Crippen LogP contribution is -2.27. The predicted molar refractivity (Wildman–Crippen MR) is 124 cm³/mol. The average Bonchev–Trinajstić information content (AvgIpc) is 2.80. The summed E-state index contributed by atoms with van der Waals surface area (Å²) in [5.74, 6) is 0.149. The SMILES string of the molecule is COc1ccc(C(C)NC(=O)c2ccc(NS(=O)(=O)c3ccc(F)c(Cl)c3)cc2)c(OC)c1. The quantitative estimate of drug-likeness (QED) is 0.471. The Hall–Kier alpha value is -3.30. The third-order valence-electron chi connectivity index (χ3n) is 4.86. The number of nitrogens with one attached hydrogen (secondary N) is 2. The van der Waals surface area contributed by atoms with Crippen LogP contribution in [0, 0.1) is 5.82 Å². The average molecular weight is 493 g/mol. The maximum atomic E-state index is 13.3. The van der Waals surface area contributed by atoms with Gasteiger partial charge in [-0.1, -0.05) is 11.6 Å². The first-order valence-electron chi connectivity index (χ1n) is 9.75. The zero-order valence-corrected chi connectivity index (χ0v) is 19.6. The van der Waals surface area contributed by atoms with E-state index >= 15 is 0 Å². The summed E-state index contributed by atoms with van der Waals surface area (Å²) in [5, 5.41) is 2.58. The first kappa shape index (κ1) is 24.3. The molecule has 10 heteroatoms. The van der Waals surface area contributed by atoms with E-state index in [1.807, 2.05) is 13.0 Å². The van der Waals surface area contributed by atoms with Gasteiger partial charge in [0.15, 0.2) is 0 Å². The molecule has 1 amide bonds. The van der Waals surface area contributed by atoms with E-state index in [-0.39, 0.29) is 27.6 Å². The van der Waals surface area contributed by atoms with Crippen LogP contribution >= 0.6 is 11.6 Å². The van der Waals surface area contributed by atoms with Crippen LogP contribution in [0.25, 0.3) is 0 Å². The van der Waals surface area contributed by atoms with Gasteiger partial charge >= 0.3 is 0 Å². The lowest BCUT2D eigenvalue weighted by molar-refractivity contribution is 0.0939. The number of methoxy groups -OCH3 is 2. The van der Waals surface area contributed by atoms with Gasteiger partial charge in [0, 0.05) is 22.9 Å². The van der Waals surface area contributed by atoms with Crippen molar-refractivity contribution in [3.63, 3.8) is 0 Å². The highest BCUT2D eigenvalue weighted by Crippen LogP contribution is 2.29. The zero-order valence-electron chi connectivity index (χ0n) is 18.1. The summed E-state index contributed by atoms with van der Waals surface area (Å²) in [7, 11) is -0.892. The summed E-state index contributed by atoms with van der Waals surface area (Å²) in [6, 6.07) is 13.9. The molecule has 3 aromatic carbocycles. The van der Waals surface area contributed by atoms with Crippen LogP contribution in [0.5, 0.6) is 11.5 Å². The smallest absolute Gasteiger partial charge is 0.261 e.